The molecule has 0 atom stereocenters. The Morgan fingerprint density at radius 3 is 2.48 bits per heavy atom. The number of ether oxygens (including phenoxy) is 1. The molecule has 7 nitrogen and oxygen atoms in total. The third-order valence-electron chi connectivity index (χ3n) is 3.77. The molecule has 0 saturated carbocycles. The number of esters is 1. The molecule has 0 aliphatic rings. The summed E-state index contributed by atoms with van der Waals surface area (Å²) in [6, 6.07) is 10.8. The lowest BCUT2D eigenvalue weighted by Crippen LogP contribution is -2.21. The van der Waals surface area contributed by atoms with Crippen molar-refractivity contribution in [1.29, 1.82) is 0 Å². The quantitative estimate of drug-likeness (QED) is 0.409. The third-order valence-corrected chi connectivity index (χ3v) is 4.09. The highest BCUT2D eigenvalue weighted by Crippen LogP contribution is 2.23. The first-order chi connectivity index (χ1) is 12.9. The number of benzene rings is 2. The molecule has 1 amide bonds. The summed E-state index contributed by atoms with van der Waals surface area (Å²) < 4.78 is 4.91. The van der Waals surface area contributed by atoms with E-state index in [1.54, 1.807) is 12.1 Å². The number of nitrogens with zero attached hydrogens (tertiary/aromatic N) is 1. The van der Waals surface area contributed by atoms with Gasteiger partial charge in [0.2, 0.25) is 0 Å². The van der Waals surface area contributed by atoms with Crippen LogP contribution in [0, 0.1) is 10.1 Å². The summed E-state index contributed by atoms with van der Waals surface area (Å²) >= 11 is 5.86. The topological polar surface area (TPSA) is 98.5 Å². The number of carbonyl (C=O) groups is 2. The second-order valence-corrected chi connectivity index (χ2v) is 6.25. The predicted octanol–water partition coefficient (Wildman–Crippen LogP) is 4.39. The molecule has 2 aromatic rings. The van der Waals surface area contributed by atoms with E-state index in [9.17, 15) is 19.7 Å². The average Bonchev–Trinajstić information content (AvgIpc) is 2.65. The van der Waals surface area contributed by atoms with Gasteiger partial charge in [0.05, 0.1) is 15.5 Å². The normalized spacial score (nSPS) is 10.3. The van der Waals surface area contributed by atoms with Gasteiger partial charge >= 0.3 is 5.97 Å². The fraction of sp³-hybridized carbons (Fsp3) is 0.263. The lowest BCUT2D eigenvalue weighted by atomic mass is 10.1. The number of non-ortho nitro benzene ring substituents is 1. The molecule has 0 heterocycles. The molecule has 0 aliphatic carbocycles. The molecule has 2 rings (SSSR count). The molecule has 0 saturated heterocycles. The standard InChI is InChI=1S/C19H19ClN2O5/c1-2-3-4-13-5-7-14(8-6-13)21-18(23)12-27-19(24)16-10-9-15(22(25)26)11-17(16)20/h5-11H,2-4,12H2,1H3,(H,21,23). The van der Waals surface area contributed by atoms with Crippen molar-refractivity contribution in [2.75, 3.05) is 11.9 Å². The molecule has 0 radical (unpaired) electrons. The van der Waals surface area contributed by atoms with Gasteiger partial charge in [0.15, 0.2) is 6.61 Å². The molecule has 8 heteroatoms. The lowest BCUT2D eigenvalue weighted by Gasteiger charge is -2.08. The van der Waals surface area contributed by atoms with Gasteiger partial charge in [-0.15, -0.1) is 0 Å². The van der Waals surface area contributed by atoms with E-state index in [-0.39, 0.29) is 16.3 Å². The van der Waals surface area contributed by atoms with Crippen LogP contribution in [-0.2, 0) is 16.0 Å². The minimum Gasteiger partial charge on any atom is -0.452 e. The number of anilines is 1. The van der Waals surface area contributed by atoms with Crippen LogP contribution in [-0.4, -0.2) is 23.4 Å². The minimum atomic E-state index is -0.833. The van der Waals surface area contributed by atoms with Gasteiger partial charge in [-0.2, -0.15) is 0 Å². The van der Waals surface area contributed by atoms with Crippen LogP contribution in [0.5, 0.6) is 0 Å². The summed E-state index contributed by atoms with van der Waals surface area (Å²) in [4.78, 5) is 34.0. The molecule has 0 aliphatic heterocycles. The zero-order valence-corrected chi connectivity index (χ0v) is 15.5. The first-order valence-corrected chi connectivity index (χ1v) is 8.78. The van der Waals surface area contributed by atoms with Crippen LogP contribution in [0.3, 0.4) is 0 Å². The van der Waals surface area contributed by atoms with Gasteiger partial charge in [-0.1, -0.05) is 37.1 Å². The van der Waals surface area contributed by atoms with E-state index in [4.69, 9.17) is 16.3 Å². The number of hydrogen-bond donors (Lipinski definition) is 1. The van der Waals surface area contributed by atoms with E-state index in [1.807, 2.05) is 12.1 Å². The summed E-state index contributed by atoms with van der Waals surface area (Å²) in [7, 11) is 0. The highest BCUT2D eigenvalue weighted by molar-refractivity contribution is 6.33. The van der Waals surface area contributed by atoms with Crippen molar-refractivity contribution in [3.05, 3.63) is 68.7 Å². The number of carbonyl (C=O) groups excluding carboxylic acids is 2. The largest absolute Gasteiger partial charge is 0.452 e. The van der Waals surface area contributed by atoms with Gasteiger partial charge in [0.1, 0.15) is 0 Å². The van der Waals surface area contributed by atoms with E-state index < -0.39 is 23.4 Å². The molecular formula is C19H19ClN2O5. The Morgan fingerprint density at radius 2 is 1.89 bits per heavy atom. The first kappa shape index (κ1) is 20.4. The Hall–Kier alpha value is -2.93. The Kier molecular flexibility index (Phi) is 7.31. The number of nitro groups is 1. The molecule has 0 bridgehead atoms. The van der Waals surface area contributed by atoms with Crippen LogP contribution in [0.25, 0.3) is 0 Å². The smallest absolute Gasteiger partial charge is 0.340 e. The van der Waals surface area contributed by atoms with Gasteiger partial charge < -0.3 is 10.1 Å². The van der Waals surface area contributed by atoms with Crippen LogP contribution in [0.1, 0.15) is 35.7 Å². The maximum absolute atomic E-state index is 12.0. The second-order valence-electron chi connectivity index (χ2n) is 5.85. The summed E-state index contributed by atoms with van der Waals surface area (Å²) in [5.41, 5.74) is 1.51. The van der Waals surface area contributed by atoms with E-state index >= 15 is 0 Å². The number of aryl methyl sites for hydroxylation is 1. The molecule has 142 valence electrons. The first-order valence-electron chi connectivity index (χ1n) is 8.40. The SMILES string of the molecule is CCCCc1ccc(NC(=O)COC(=O)c2ccc([N+](=O)[O-])cc2Cl)cc1. The zero-order chi connectivity index (χ0) is 19.8. The number of nitrogens with one attached hydrogen (secondary N) is 1. The Labute approximate surface area is 161 Å². The summed E-state index contributed by atoms with van der Waals surface area (Å²) in [6.45, 7) is 1.63. The van der Waals surface area contributed by atoms with Crippen LogP contribution < -0.4 is 5.32 Å². The molecule has 27 heavy (non-hydrogen) atoms. The number of unbranched alkanes of at least 4 members (excludes halogenated alkanes) is 1. The van der Waals surface area contributed by atoms with Crippen molar-refractivity contribution < 1.29 is 19.2 Å². The Bertz CT molecular complexity index is 836. The van der Waals surface area contributed by atoms with E-state index in [0.29, 0.717) is 5.69 Å². The number of halogens is 1. The van der Waals surface area contributed by atoms with Crippen LogP contribution in [0.15, 0.2) is 42.5 Å². The van der Waals surface area contributed by atoms with Crippen molar-refractivity contribution in [2.24, 2.45) is 0 Å². The maximum Gasteiger partial charge on any atom is 0.340 e. The number of amides is 1. The van der Waals surface area contributed by atoms with E-state index in [0.717, 1.165) is 31.4 Å². The Balaban J connectivity index is 1.88. The highest BCUT2D eigenvalue weighted by Gasteiger charge is 2.17. The van der Waals surface area contributed by atoms with E-state index in [1.165, 1.54) is 11.6 Å². The average molecular weight is 391 g/mol. The molecule has 2 aromatic carbocycles. The van der Waals surface area contributed by atoms with Crippen molar-refractivity contribution in [3.8, 4) is 0 Å². The van der Waals surface area contributed by atoms with Crippen LogP contribution in [0.4, 0.5) is 11.4 Å². The fourth-order valence-corrected chi connectivity index (χ4v) is 2.58. The maximum atomic E-state index is 12.0. The van der Waals surface area contributed by atoms with Crippen molar-refractivity contribution in [2.45, 2.75) is 26.2 Å². The summed E-state index contributed by atoms with van der Waals surface area (Å²) in [6.07, 6.45) is 3.20. The predicted molar refractivity (Wildman–Crippen MR) is 102 cm³/mol. The number of hydrogen-bond acceptors (Lipinski definition) is 5. The lowest BCUT2D eigenvalue weighted by molar-refractivity contribution is -0.384. The van der Waals surface area contributed by atoms with Gasteiger partial charge in [0, 0.05) is 17.8 Å². The molecule has 0 aromatic heterocycles. The van der Waals surface area contributed by atoms with Crippen molar-refractivity contribution in [1.82, 2.24) is 0 Å². The van der Waals surface area contributed by atoms with Gasteiger partial charge in [-0.25, -0.2) is 4.79 Å². The molecule has 0 unspecified atom stereocenters. The Morgan fingerprint density at radius 1 is 1.19 bits per heavy atom. The molecule has 1 N–H and O–H groups in total. The number of rotatable bonds is 8. The third kappa shape index (κ3) is 6.07. The minimum absolute atomic E-state index is 0.0460. The van der Waals surface area contributed by atoms with Crippen LogP contribution in [0.2, 0.25) is 5.02 Å². The van der Waals surface area contributed by atoms with Crippen molar-refractivity contribution in [3.63, 3.8) is 0 Å². The van der Waals surface area contributed by atoms with E-state index in [2.05, 4.69) is 12.2 Å². The highest BCUT2D eigenvalue weighted by atomic mass is 35.5. The zero-order valence-electron chi connectivity index (χ0n) is 14.7. The van der Waals surface area contributed by atoms with Gasteiger partial charge in [0.25, 0.3) is 11.6 Å². The summed E-state index contributed by atoms with van der Waals surface area (Å²) in [5.74, 6) is -1.33. The van der Waals surface area contributed by atoms with Gasteiger partial charge in [-0.05, 0) is 36.6 Å². The monoisotopic (exact) mass is 390 g/mol. The van der Waals surface area contributed by atoms with Crippen LogP contribution >= 0.6 is 11.6 Å². The molecule has 0 spiro atoms. The van der Waals surface area contributed by atoms with Gasteiger partial charge in [-0.3, -0.25) is 14.9 Å². The fourth-order valence-electron chi connectivity index (χ4n) is 2.32. The number of nitro benzene ring substituents is 1. The molecular weight excluding hydrogens is 372 g/mol. The molecule has 0 fully saturated rings. The second kappa shape index (κ2) is 9.68. The van der Waals surface area contributed by atoms with Crippen molar-refractivity contribution >= 4 is 34.9 Å². The summed E-state index contributed by atoms with van der Waals surface area (Å²) in [5, 5.41) is 13.2.